The van der Waals surface area contributed by atoms with Gasteiger partial charge in [-0.3, -0.25) is 9.69 Å². The topological polar surface area (TPSA) is 32.7 Å². The predicted molar refractivity (Wildman–Crippen MR) is 84.0 cm³/mol. The minimum Gasteiger partial charge on any atom is -0.272 e. The molecule has 0 aromatic heterocycles. The number of thiocarbonyl (C=S) groups is 1. The summed E-state index contributed by atoms with van der Waals surface area (Å²) in [5.74, 6) is -0.00120. The monoisotopic (exact) mass is 288 g/mol. The van der Waals surface area contributed by atoms with E-state index in [2.05, 4.69) is 4.99 Å². The number of rotatable bonds is 1. The van der Waals surface area contributed by atoms with Crippen LogP contribution in [0.25, 0.3) is 0 Å². The molecule has 1 atom stereocenters. The maximum absolute atomic E-state index is 12.6. The van der Waals surface area contributed by atoms with Crippen molar-refractivity contribution in [1.29, 1.82) is 0 Å². The second-order valence-corrected chi connectivity index (χ2v) is 5.98. The van der Waals surface area contributed by atoms with Crippen LogP contribution in [0.1, 0.15) is 11.1 Å². The summed E-state index contributed by atoms with van der Waals surface area (Å²) in [7, 11) is 0. The number of hydrogen-bond donors (Lipinski definition) is 0. The van der Waals surface area contributed by atoms with Gasteiger partial charge in [0, 0.05) is 0 Å². The molecule has 1 amide bonds. The lowest BCUT2D eigenvalue weighted by Crippen LogP contribution is -2.47. The molecule has 2 aliphatic rings. The molecule has 1 aromatic rings. The molecule has 0 saturated carbocycles. The van der Waals surface area contributed by atoms with Crippen molar-refractivity contribution in [2.75, 3.05) is 4.90 Å². The Kier molecular flexibility index (Phi) is 3.03. The fourth-order valence-corrected chi connectivity index (χ4v) is 3.34. The van der Waals surface area contributed by atoms with E-state index in [4.69, 9.17) is 12.2 Å². The summed E-state index contributed by atoms with van der Waals surface area (Å²) in [4.78, 5) is 18.5. The minimum atomic E-state index is -0.244. The Morgan fingerprint density at radius 1 is 1.37 bits per heavy atom. The number of aryl methyl sites for hydroxylation is 2. The van der Waals surface area contributed by atoms with Crippen molar-refractivity contribution in [1.82, 2.24) is 0 Å². The Labute approximate surface area is 121 Å². The summed E-state index contributed by atoms with van der Waals surface area (Å²) in [6, 6.07) is 6.00. The molecular weight excluding hydrogens is 276 g/mol. The summed E-state index contributed by atoms with van der Waals surface area (Å²) in [6.45, 7) is 3.98. The third-order valence-electron chi connectivity index (χ3n) is 3.19. The van der Waals surface area contributed by atoms with Gasteiger partial charge in [-0.25, -0.2) is 4.99 Å². The van der Waals surface area contributed by atoms with Crippen LogP contribution >= 0.6 is 24.0 Å². The van der Waals surface area contributed by atoms with E-state index in [0.29, 0.717) is 5.11 Å². The molecule has 3 rings (SSSR count). The Bertz CT molecular complexity index is 649. The van der Waals surface area contributed by atoms with E-state index < -0.39 is 0 Å². The van der Waals surface area contributed by atoms with Crippen molar-refractivity contribution in [2.45, 2.75) is 19.1 Å². The molecule has 3 nitrogen and oxygen atoms in total. The number of nitrogens with zero attached hydrogens (tertiary/aromatic N) is 2. The van der Waals surface area contributed by atoms with Gasteiger partial charge in [-0.05, 0) is 54.7 Å². The van der Waals surface area contributed by atoms with Crippen LogP contribution in [0.3, 0.4) is 0 Å². The van der Waals surface area contributed by atoms with Gasteiger partial charge in [0.15, 0.2) is 0 Å². The van der Waals surface area contributed by atoms with Crippen LogP contribution in [0.15, 0.2) is 34.7 Å². The normalized spacial score (nSPS) is 21.7. The molecule has 5 heteroatoms. The predicted octanol–water partition coefficient (Wildman–Crippen LogP) is 3.01. The van der Waals surface area contributed by atoms with Crippen LogP contribution < -0.4 is 4.90 Å². The van der Waals surface area contributed by atoms with Crippen molar-refractivity contribution in [3.05, 3.63) is 40.8 Å². The zero-order chi connectivity index (χ0) is 13.6. The van der Waals surface area contributed by atoms with Crippen LogP contribution in [0.4, 0.5) is 5.69 Å². The quantitative estimate of drug-likeness (QED) is 0.745. The van der Waals surface area contributed by atoms with Crippen molar-refractivity contribution >= 4 is 46.4 Å². The van der Waals surface area contributed by atoms with Gasteiger partial charge in [-0.2, -0.15) is 0 Å². The number of fused-ring (bicyclic) bond motifs is 1. The number of carbonyl (C=O) groups is 1. The molecule has 0 N–H and O–H groups in total. The lowest BCUT2D eigenvalue weighted by molar-refractivity contribution is -0.116. The SMILES string of the molecule is Cc1ccc(C)c(N2C(=O)C3SC=CC3=NC2=S)c1. The second kappa shape index (κ2) is 4.58. The van der Waals surface area contributed by atoms with E-state index in [-0.39, 0.29) is 11.2 Å². The average Bonchev–Trinajstić information content (AvgIpc) is 2.82. The number of amides is 1. The third kappa shape index (κ3) is 2.03. The number of hydrogen-bond acceptors (Lipinski definition) is 3. The van der Waals surface area contributed by atoms with E-state index in [0.717, 1.165) is 22.5 Å². The molecule has 96 valence electrons. The van der Waals surface area contributed by atoms with Gasteiger partial charge in [0.1, 0.15) is 5.25 Å². The van der Waals surface area contributed by atoms with Gasteiger partial charge < -0.3 is 0 Å². The number of anilines is 1. The molecule has 0 fully saturated rings. The van der Waals surface area contributed by atoms with E-state index in [1.54, 1.807) is 4.90 Å². The van der Waals surface area contributed by atoms with Crippen LogP contribution in [-0.4, -0.2) is 22.0 Å². The van der Waals surface area contributed by atoms with E-state index >= 15 is 0 Å². The minimum absolute atomic E-state index is 0.00120. The highest BCUT2D eigenvalue weighted by Crippen LogP contribution is 2.32. The summed E-state index contributed by atoms with van der Waals surface area (Å²) < 4.78 is 0. The molecule has 19 heavy (non-hydrogen) atoms. The number of thioether (sulfide) groups is 1. The maximum atomic E-state index is 12.6. The van der Waals surface area contributed by atoms with Gasteiger partial charge >= 0.3 is 0 Å². The molecule has 0 aliphatic carbocycles. The van der Waals surface area contributed by atoms with Crippen molar-refractivity contribution < 1.29 is 4.79 Å². The fraction of sp³-hybridized carbons (Fsp3) is 0.214. The van der Waals surface area contributed by atoms with Gasteiger partial charge in [-0.1, -0.05) is 12.1 Å². The second-order valence-electron chi connectivity index (χ2n) is 4.60. The highest BCUT2D eigenvalue weighted by Gasteiger charge is 2.38. The highest BCUT2D eigenvalue weighted by molar-refractivity contribution is 8.04. The summed E-state index contributed by atoms with van der Waals surface area (Å²) in [5.41, 5.74) is 3.73. The molecule has 0 bridgehead atoms. The first-order valence-corrected chi connectivity index (χ1v) is 7.29. The number of benzene rings is 1. The van der Waals surface area contributed by atoms with Crippen molar-refractivity contribution in [3.8, 4) is 0 Å². The summed E-state index contributed by atoms with van der Waals surface area (Å²) in [6.07, 6.45) is 1.86. The molecule has 0 radical (unpaired) electrons. The highest BCUT2D eigenvalue weighted by atomic mass is 32.2. The molecule has 2 heterocycles. The van der Waals surface area contributed by atoms with Gasteiger partial charge in [0.05, 0.1) is 11.4 Å². The van der Waals surface area contributed by atoms with Crippen LogP contribution in [0.5, 0.6) is 0 Å². The smallest absolute Gasteiger partial charge is 0.252 e. The Morgan fingerprint density at radius 2 is 2.16 bits per heavy atom. The lowest BCUT2D eigenvalue weighted by Gasteiger charge is -2.29. The molecule has 2 aliphatic heterocycles. The zero-order valence-electron chi connectivity index (χ0n) is 10.6. The van der Waals surface area contributed by atoms with Crippen LogP contribution in [0.2, 0.25) is 0 Å². The summed E-state index contributed by atoms with van der Waals surface area (Å²) >= 11 is 6.77. The zero-order valence-corrected chi connectivity index (χ0v) is 12.2. The van der Waals surface area contributed by atoms with Crippen molar-refractivity contribution in [2.24, 2.45) is 4.99 Å². The van der Waals surface area contributed by atoms with E-state index in [1.165, 1.54) is 11.8 Å². The van der Waals surface area contributed by atoms with Crippen LogP contribution in [0, 0.1) is 13.8 Å². The largest absolute Gasteiger partial charge is 0.272 e. The molecule has 0 saturated heterocycles. The Hall–Kier alpha value is -1.46. The molecule has 1 aromatic carbocycles. The Morgan fingerprint density at radius 3 is 2.95 bits per heavy atom. The maximum Gasteiger partial charge on any atom is 0.252 e. The lowest BCUT2D eigenvalue weighted by atomic mass is 10.1. The van der Waals surface area contributed by atoms with Gasteiger partial charge in [-0.15, -0.1) is 11.8 Å². The number of aliphatic imine (C=N–C) groups is 1. The average molecular weight is 288 g/mol. The molecular formula is C14H12N2OS2. The Balaban J connectivity index is 2.09. The van der Waals surface area contributed by atoms with Crippen LogP contribution in [-0.2, 0) is 4.79 Å². The first kappa shape index (κ1) is 12.6. The summed E-state index contributed by atoms with van der Waals surface area (Å²) in [5, 5.41) is 1.99. The van der Waals surface area contributed by atoms with Crippen molar-refractivity contribution in [3.63, 3.8) is 0 Å². The standard InChI is InChI=1S/C14H12N2OS2/c1-8-3-4-9(2)11(7-8)16-13(17)12-10(5-6-19-12)15-14(16)18/h3-7,12H,1-2H3. The van der Waals surface area contributed by atoms with E-state index in [9.17, 15) is 4.79 Å². The van der Waals surface area contributed by atoms with E-state index in [1.807, 2.05) is 43.5 Å². The first-order chi connectivity index (χ1) is 9.08. The van der Waals surface area contributed by atoms with Gasteiger partial charge in [0.2, 0.25) is 5.11 Å². The van der Waals surface area contributed by atoms with Gasteiger partial charge in [0.25, 0.3) is 5.91 Å². The third-order valence-corrected chi connectivity index (χ3v) is 4.47. The molecule has 0 spiro atoms. The molecule has 1 unspecified atom stereocenters. The number of carbonyl (C=O) groups excluding carboxylic acids is 1. The number of allylic oxidation sites excluding steroid dienone is 1. The fourth-order valence-electron chi connectivity index (χ4n) is 2.18. The first-order valence-electron chi connectivity index (χ1n) is 5.94.